The van der Waals surface area contributed by atoms with Gasteiger partial charge in [0.05, 0.1) is 13.5 Å². The second kappa shape index (κ2) is 5.43. The van der Waals surface area contributed by atoms with Gasteiger partial charge in [0.15, 0.2) is 5.82 Å². The second-order valence-electron chi connectivity index (χ2n) is 2.48. The zero-order valence-electron chi connectivity index (χ0n) is 8.28. The summed E-state index contributed by atoms with van der Waals surface area (Å²) in [5, 5.41) is 1.41. The van der Waals surface area contributed by atoms with E-state index in [1.165, 1.54) is 11.8 Å². The average Bonchev–Trinajstić information content (AvgIpc) is 2.12. The number of hydrazine groups is 1. The van der Waals surface area contributed by atoms with Crippen LogP contribution in [0.1, 0.15) is 5.69 Å². The van der Waals surface area contributed by atoms with Crippen LogP contribution in [-0.2, 0) is 0 Å². The van der Waals surface area contributed by atoms with Gasteiger partial charge in [-0.2, -0.15) is 0 Å². The minimum Gasteiger partial charge on any atom is -0.396 e. The van der Waals surface area contributed by atoms with Crippen LogP contribution in [0.5, 0.6) is 0 Å². The predicted octanol–water partition coefficient (Wildman–Crippen LogP) is 0.485. The fraction of sp³-hybridized carbons (Fsp3) is 0.375. The van der Waals surface area contributed by atoms with E-state index in [9.17, 15) is 0 Å². The van der Waals surface area contributed by atoms with Crippen LogP contribution in [0.2, 0.25) is 6.82 Å². The summed E-state index contributed by atoms with van der Waals surface area (Å²) in [6, 6.07) is 3.64. The molecule has 1 aromatic heterocycles. The Balaban J connectivity index is 0.000000671. The van der Waals surface area contributed by atoms with Crippen LogP contribution in [0.15, 0.2) is 12.1 Å². The molecule has 5 heteroatoms. The van der Waals surface area contributed by atoms with E-state index in [4.69, 9.17) is 11.6 Å². The first-order valence-electron chi connectivity index (χ1n) is 3.90. The van der Waals surface area contributed by atoms with E-state index in [0.29, 0.717) is 11.5 Å². The Kier molecular flexibility index (Phi) is 4.91. The van der Waals surface area contributed by atoms with Crippen LogP contribution in [0, 0.1) is 6.92 Å². The average molecular weight is 178 g/mol. The van der Waals surface area contributed by atoms with Crippen LogP contribution >= 0.6 is 0 Å². The molecule has 2 radical (unpaired) electrons. The van der Waals surface area contributed by atoms with Gasteiger partial charge in [-0.25, -0.2) is 10.8 Å². The predicted molar refractivity (Wildman–Crippen MR) is 57.6 cm³/mol. The molecule has 0 bridgehead atoms. The Bertz CT molecular complexity index is 262. The molecule has 0 aliphatic rings. The highest BCUT2D eigenvalue weighted by atomic mass is 15.4. The Morgan fingerprint density at radius 1 is 1.38 bits per heavy atom. The minimum atomic E-state index is 0.598. The number of aryl methyl sites for hydroxylation is 1. The molecule has 0 aromatic carbocycles. The molecule has 0 aliphatic carbocycles. The lowest BCUT2D eigenvalue weighted by Gasteiger charge is -2.13. The molecule has 0 aliphatic heterocycles. The van der Waals surface area contributed by atoms with Crippen molar-refractivity contribution in [2.24, 2.45) is 5.84 Å². The van der Waals surface area contributed by atoms with Crippen molar-refractivity contribution in [3.63, 3.8) is 0 Å². The third-order valence-corrected chi connectivity index (χ3v) is 1.38. The van der Waals surface area contributed by atoms with E-state index in [1.54, 1.807) is 13.1 Å². The van der Waals surface area contributed by atoms with Gasteiger partial charge in [-0.3, -0.25) is 5.01 Å². The van der Waals surface area contributed by atoms with Crippen molar-refractivity contribution >= 4 is 19.4 Å². The van der Waals surface area contributed by atoms with Crippen molar-refractivity contribution in [3.8, 4) is 0 Å². The molecule has 0 spiro atoms. The number of nitrogen functional groups attached to an aromatic ring is 1. The van der Waals surface area contributed by atoms with Crippen LogP contribution in [0.3, 0.4) is 0 Å². The van der Waals surface area contributed by atoms with E-state index in [2.05, 4.69) is 12.8 Å². The summed E-state index contributed by atoms with van der Waals surface area (Å²) in [6.07, 6.45) is 0. The summed E-state index contributed by atoms with van der Waals surface area (Å²) in [5.41, 5.74) is 7.11. The summed E-state index contributed by atoms with van der Waals surface area (Å²) in [7, 11) is 6.21. The Hall–Kier alpha value is -1.23. The first kappa shape index (κ1) is 11.8. The monoisotopic (exact) mass is 178 g/mol. The highest BCUT2D eigenvalue weighted by molar-refractivity contribution is 6.05. The summed E-state index contributed by atoms with van der Waals surface area (Å²) in [6.45, 7) is 3.40. The van der Waals surface area contributed by atoms with E-state index >= 15 is 0 Å². The lowest BCUT2D eigenvalue weighted by atomic mass is 10.2. The molecule has 0 fully saturated rings. The molecular formula is C8H15BN4. The quantitative estimate of drug-likeness (QED) is 0.373. The van der Waals surface area contributed by atoms with Crippen molar-refractivity contribution in [1.82, 2.24) is 4.98 Å². The van der Waals surface area contributed by atoms with Crippen molar-refractivity contribution < 1.29 is 0 Å². The third-order valence-electron chi connectivity index (χ3n) is 1.38. The van der Waals surface area contributed by atoms with Gasteiger partial charge in [0.2, 0.25) is 0 Å². The number of hydrogen-bond donors (Lipinski definition) is 2. The van der Waals surface area contributed by atoms with Gasteiger partial charge in [-0.15, -0.1) is 0 Å². The zero-order chi connectivity index (χ0) is 10.4. The van der Waals surface area contributed by atoms with Crippen LogP contribution < -0.4 is 16.6 Å². The van der Waals surface area contributed by atoms with Gasteiger partial charge in [-0.1, -0.05) is 6.82 Å². The maximum atomic E-state index is 5.61. The second-order valence-corrected chi connectivity index (χ2v) is 2.48. The zero-order valence-corrected chi connectivity index (χ0v) is 8.28. The molecule has 0 amide bonds. The Morgan fingerprint density at radius 3 is 2.31 bits per heavy atom. The molecule has 0 saturated heterocycles. The molecule has 4 nitrogen and oxygen atoms in total. The number of nitrogens with zero attached hydrogens (tertiary/aromatic N) is 2. The molecule has 0 unspecified atom stereocenters. The van der Waals surface area contributed by atoms with Gasteiger partial charge in [-0.05, 0) is 19.1 Å². The van der Waals surface area contributed by atoms with Gasteiger partial charge < -0.3 is 5.73 Å². The first-order valence-corrected chi connectivity index (χ1v) is 3.90. The Morgan fingerprint density at radius 2 is 1.92 bits per heavy atom. The van der Waals surface area contributed by atoms with Crippen molar-refractivity contribution in [3.05, 3.63) is 17.8 Å². The third kappa shape index (κ3) is 3.33. The standard InChI is InChI=1S/C7H12N4.CH3B/c1-5-3-4-6(8)7(10-5)11(2)9;1-2/h3-4H,8-9H2,1-2H3;1H3. The maximum Gasteiger partial charge on any atom is 0.165 e. The van der Waals surface area contributed by atoms with Gasteiger partial charge >= 0.3 is 0 Å². The number of hydrogen-bond acceptors (Lipinski definition) is 4. The fourth-order valence-corrected chi connectivity index (χ4v) is 0.836. The van der Waals surface area contributed by atoms with Crippen molar-refractivity contribution in [2.45, 2.75) is 13.7 Å². The number of rotatable bonds is 1. The minimum absolute atomic E-state index is 0.598. The SMILES string of the molecule is Cc1ccc(N)c(N(C)N)n1.[B]C. The molecule has 70 valence electrons. The molecule has 0 atom stereocenters. The molecule has 1 aromatic rings. The number of aromatic nitrogens is 1. The normalized spacial score (nSPS) is 8.62. The van der Waals surface area contributed by atoms with Crippen LogP contribution in [0.25, 0.3) is 0 Å². The molecule has 1 heterocycles. The highest BCUT2D eigenvalue weighted by Crippen LogP contribution is 2.16. The smallest absolute Gasteiger partial charge is 0.165 e. The molecule has 1 rings (SSSR count). The topological polar surface area (TPSA) is 68.2 Å². The summed E-state index contributed by atoms with van der Waals surface area (Å²) in [4.78, 5) is 4.15. The van der Waals surface area contributed by atoms with Crippen molar-refractivity contribution in [2.75, 3.05) is 17.8 Å². The van der Waals surface area contributed by atoms with Crippen LogP contribution in [-0.4, -0.2) is 19.9 Å². The number of nitrogens with two attached hydrogens (primary N) is 2. The van der Waals surface area contributed by atoms with Gasteiger partial charge in [0.1, 0.15) is 0 Å². The lowest BCUT2D eigenvalue weighted by molar-refractivity contribution is 0.969. The fourth-order valence-electron chi connectivity index (χ4n) is 0.836. The summed E-state index contributed by atoms with van der Waals surface area (Å²) in [5.74, 6) is 6.09. The van der Waals surface area contributed by atoms with E-state index < -0.39 is 0 Å². The molecular weight excluding hydrogens is 163 g/mol. The first-order chi connectivity index (χ1) is 6.11. The lowest BCUT2D eigenvalue weighted by Crippen LogP contribution is -2.27. The van der Waals surface area contributed by atoms with E-state index in [0.717, 1.165) is 5.69 Å². The van der Waals surface area contributed by atoms with Gasteiger partial charge in [0, 0.05) is 12.7 Å². The molecule has 13 heavy (non-hydrogen) atoms. The van der Waals surface area contributed by atoms with E-state index in [-0.39, 0.29) is 0 Å². The maximum absolute atomic E-state index is 5.61. The summed E-state index contributed by atoms with van der Waals surface area (Å²) < 4.78 is 0. The molecule has 4 N–H and O–H groups in total. The molecule has 0 saturated carbocycles. The highest BCUT2D eigenvalue weighted by Gasteiger charge is 2.01. The number of pyridine rings is 1. The number of anilines is 2. The summed E-state index contributed by atoms with van der Waals surface area (Å²) >= 11 is 0. The largest absolute Gasteiger partial charge is 0.396 e. The van der Waals surface area contributed by atoms with Gasteiger partial charge in [0.25, 0.3) is 0 Å². The van der Waals surface area contributed by atoms with E-state index in [1.807, 2.05) is 13.0 Å². The van der Waals surface area contributed by atoms with Crippen molar-refractivity contribution in [1.29, 1.82) is 0 Å². The van der Waals surface area contributed by atoms with Crippen LogP contribution in [0.4, 0.5) is 11.5 Å². The Labute approximate surface area is 80.3 Å².